The van der Waals surface area contributed by atoms with Crippen LogP contribution in [0.25, 0.3) is 5.70 Å². The lowest BCUT2D eigenvalue weighted by Crippen LogP contribution is -2.54. The second-order valence-electron chi connectivity index (χ2n) is 8.86. The minimum atomic E-state index is -0.378. The molecule has 6 rings (SSSR count). The standard InChI is InChI=1S/C27H24N2O2/c30-20-11-9-18(10-12-20)22-17-25(19-6-2-1-3-7-19)29-26-16-21(31)13-14-24(26)28-27(29)15-5-4-8-23(22)27/h1-3,6-7,9-14,16-17,22-23,30H,4-5,8,15H2/t22-,23-,27+/m1/s1. The molecule has 1 spiro atoms. The molecule has 4 nitrogen and oxygen atoms in total. The van der Waals surface area contributed by atoms with Crippen molar-refractivity contribution in [2.75, 3.05) is 0 Å². The summed E-state index contributed by atoms with van der Waals surface area (Å²) in [5.41, 5.74) is 4.92. The van der Waals surface area contributed by atoms with E-state index in [1.54, 1.807) is 24.3 Å². The molecular formula is C27H24N2O2. The van der Waals surface area contributed by atoms with Crippen LogP contribution < -0.4 is 0 Å². The van der Waals surface area contributed by atoms with Gasteiger partial charge in [0.25, 0.3) is 0 Å². The van der Waals surface area contributed by atoms with Gasteiger partial charge in [-0.1, -0.05) is 55.0 Å². The Kier molecular flexibility index (Phi) is 4.04. The van der Waals surface area contributed by atoms with Gasteiger partial charge < -0.3 is 10.0 Å². The molecule has 2 aromatic carbocycles. The Morgan fingerprint density at radius 1 is 0.968 bits per heavy atom. The summed E-state index contributed by atoms with van der Waals surface area (Å²) < 4.78 is 0. The van der Waals surface area contributed by atoms with Crippen molar-refractivity contribution in [3.63, 3.8) is 0 Å². The summed E-state index contributed by atoms with van der Waals surface area (Å²) in [4.78, 5) is 20.0. The largest absolute Gasteiger partial charge is 0.508 e. The van der Waals surface area contributed by atoms with Crippen molar-refractivity contribution in [2.45, 2.75) is 37.3 Å². The number of benzene rings is 2. The van der Waals surface area contributed by atoms with Crippen LogP contribution in [0.1, 0.15) is 42.7 Å². The van der Waals surface area contributed by atoms with E-state index in [-0.39, 0.29) is 23.1 Å². The summed E-state index contributed by atoms with van der Waals surface area (Å²) >= 11 is 0. The lowest BCUT2D eigenvalue weighted by atomic mass is 9.66. The van der Waals surface area contributed by atoms with Gasteiger partial charge in [0.15, 0.2) is 5.78 Å². The number of hydrogen-bond donors (Lipinski definition) is 1. The van der Waals surface area contributed by atoms with Crippen molar-refractivity contribution in [3.8, 4) is 5.75 Å². The Morgan fingerprint density at radius 3 is 2.58 bits per heavy atom. The van der Waals surface area contributed by atoms with E-state index in [1.807, 2.05) is 24.3 Å². The molecule has 0 saturated heterocycles. The van der Waals surface area contributed by atoms with Gasteiger partial charge in [-0.15, -0.1) is 0 Å². The fraction of sp³-hybridized carbons (Fsp3) is 0.259. The molecule has 1 saturated carbocycles. The Hall–Kier alpha value is -3.40. The molecule has 0 amide bonds. The van der Waals surface area contributed by atoms with E-state index >= 15 is 0 Å². The van der Waals surface area contributed by atoms with Crippen LogP contribution in [0.2, 0.25) is 0 Å². The molecule has 0 radical (unpaired) electrons. The van der Waals surface area contributed by atoms with Gasteiger partial charge in [-0.25, -0.2) is 0 Å². The van der Waals surface area contributed by atoms with Crippen LogP contribution in [0.3, 0.4) is 0 Å². The number of carbonyl (C=O) groups excluding carboxylic acids is 1. The molecule has 2 aliphatic heterocycles. The van der Waals surface area contributed by atoms with Crippen LogP contribution in [-0.2, 0) is 4.79 Å². The van der Waals surface area contributed by atoms with Crippen molar-refractivity contribution in [3.05, 3.63) is 95.7 Å². The highest BCUT2D eigenvalue weighted by Crippen LogP contribution is 2.57. The first-order valence-corrected chi connectivity index (χ1v) is 11.1. The quantitative estimate of drug-likeness (QED) is 0.695. The number of phenols is 1. The lowest BCUT2D eigenvalue weighted by Gasteiger charge is -2.53. The predicted octanol–water partition coefficient (Wildman–Crippen LogP) is 5.20. The third-order valence-corrected chi connectivity index (χ3v) is 7.15. The topological polar surface area (TPSA) is 52.9 Å². The summed E-state index contributed by atoms with van der Waals surface area (Å²) in [5, 5.41) is 9.84. The first-order valence-electron chi connectivity index (χ1n) is 11.1. The van der Waals surface area contributed by atoms with E-state index in [4.69, 9.17) is 4.99 Å². The maximum atomic E-state index is 12.3. The maximum Gasteiger partial charge on any atom is 0.180 e. The minimum Gasteiger partial charge on any atom is -0.508 e. The molecule has 2 aromatic rings. The summed E-state index contributed by atoms with van der Waals surface area (Å²) in [6, 6.07) is 18.0. The van der Waals surface area contributed by atoms with Gasteiger partial charge in [0.05, 0.1) is 11.4 Å². The average Bonchev–Trinajstić information content (AvgIpc) is 3.12. The first kappa shape index (κ1) is 18.4. The minimum absolute atomic E-state index is 0.0198. The third kappa shape index (κ3) is 2.74. The number of hydrogen-bond acceptors (Lipinski definition) is 4. The zero-order valence-corrected chi connectivity index (χ0v) is 17.2. The second kappa shape index (κ2) is 6.81. The van der Waals surface area contributed by atoms with Crippen LogP contribution >= 0.6 is 0 Å². The van der Waals surface area contributed by atoms with Gasteiger partial charge in [0.1, 0.15) is 11.4 Å². The molecule has 4 aliphatic rings. The third-order valence-electron chi connectivity index (χ3n) is 7.15. The summed E-state index contributed by atoms with van der Waals surface area (Å²) in [6.45, 7) is 0. The van der Waals surface area contributed by atoms with Crippen LogP contribution in [0.15, 0.2) is 89.6 Å². The highest BCUT2D eigenvalue weighted by Gasteiger charge is 2.56. The number of rotatable bonds is 2. The molecule has 31 heavy (non-hydrogen) atoms. The molecule has 3 atom stereocenters. The van der Waals surface area contributed by atoms with E-state index in [9.17, 15) is 9.90 Å². The number of carbonyl (C=O) groups is 1. The summed E-state index contributed by atoms with van der Waals surface area (Å²) in [7, 11) is 0. The SMILES string of the molecule is O=C1C=CC2=N[C@]34CCCC[C@@H]3[C@@H](c3ccc(O)cc3)C=C(c3ccccc3)N4C2=C1. The van der Waals surface area contributed by atoms with E-state index in [1.165, 1.54) is 12.0 Å². The number of phenolic OH excluding ortho intramolecular Hbond substituents is 1. The normalized spacial score (nSPS) is 28.8. The molecule has 1 fully saturated rings. The zero-order chi connectivity index (χ0) is 21.0. The van der Waals surface area contributed by atoms with E-state index in [2.05, 4.69) is 35.2 Å². The molecular weight excluding hydrogens is 384 g/mol. The van der Waals surface area contributed by atoms with Crippen molar-refractivity contribution in [2.24, 2.45) is 10.9 Å². The van der Waals surface area contributed by atoms with Crippen LogP contribution in [0.5, 0.6) is 5.75 Å². The van der Waals surface area contributed by atoms with Crippen LogP contribution in [0, 0.1) is 5.92 Å². The highest BCUT2D eigenvalue weighted by molar-refractivity contribution is 6.21. The molecule has 2 heterocycles. The van der Waals surface area contributed by atoms with Crippen LogP contribution in [0.4, 0.5) is 0 Å². The Morgan fingerprint density at radius 2 is 1.77 bits per heavy atom. The van der Waals surface area contributed by atoms with E-state index in [0.29, 0.717) is 5.92 Å². The van der Waals surface area contributed by atoms with Crippen molar-refractivity contribution < 1.29 is 9.90 Å². The molecule has 2 aliphatic carbocycles. The number of aromatic hydroxyl groups is 1. The monoisotopic (exact) mass is 408 g/mol. The van der Waals surface area contributed by atoms with Gasteiger partial charge in [0, 0.05) is 23.6 Å². The van der Waals surface area contributed by atoms with Gasteiger partial charge in [-0.05, 0) is 54.7 Å². The fourth-order valence-electron chi connectivity index (χ4n) is 5.85. The molecule has 0 unspecified atom stereocenters. The molecule has 154 valence electrons. The molecule has 4 heteroatoms. The first-order chi connectivity index (χ1) is 15.2. The van der Waals surface area contributed by atoms with E-state index < -0.39 is 0 Å². The second-order valence-corrected chi connectivity index (χ2v) is 8.86. The van der Waals surface area contributed by atoms with Crippen molar-refractivity contribution in [1.82, 2.24) is 4.90 Å². The highest BCUT2D eigenvalue weighted by atomic mass is 16.3. The number of ketones is 1. The molecule has 0 bridgehead atoms. The van der Waals surface area contributed by atoms with E-state index in [0.717, 1.165) is 41.9 Å². The van der Waals surface area contributed by atoms with Gasteiger partial charge in [-0.2, -0.15) is 0 Å². The fourth-order valence-corrected chi connectivity index (χ4v) is 5.85. The summed E-state index contributed by atoms with van der Waals surface area (Å²) in [6.07, 6.45) is 12.0. The van der Waals surface area contributed by atoms with Gasteiger partial charge in [-0.3, -0.25) is 9.79 Å². The Bertz CT molecular complexity index is 1170. The summed E-state index contributed by atoms with van der Waals surface area (Å²) in [5.74, 6) is 0.803. The molecule has 1 N–H and O–H groups in total. The van der Waals surface area contributed by atoms with Crippen LogP contribution in [-0.4, -0.2) is 27.2 Å². The Labute approximate surface area is 181 Å². The lowest BCUT2D eigenvalue weighted by molar-refractivity contribution is -0.110. The maximum absolute atomic E-state index is 12.3. The smallest absolute Gasteiger partial charge is 0.180 e. The zero-order valence-electron chi connectivity index (χ0n) is 17.2. The number of fused-ring (bicyclic) bond motifs is 2. The number of nitrogens with zero attached hydrogens (tertiary/aromatic N) is 2. The van der Waals surface area contributed by atoms with Crippen molar-refractivity contribution in [1.29, 1.82) is 0 Å². The number of aliphatic imine (C=N–C) groups is 1. The van der Waals surface area contributed by atoms with Gasteiger partial charge >= 0.3 is 0 Å². The number of allylic oxidation sites excluding steroid dienone is 4. The van der Waals surface area contributed by atoms with Crippen molar-refractivity contribution >= 4 is 17.2 Å². The molecule has 0 aromatic heterocycles. The van der Waals surface area contributed by atoms with Gasteiger partial charge in [0.2, 0.25) is 0 Å². The predicted molar refractivity (Wildman–Crippen MR) is 121 cm³/mol. The Balaban J connectivity index is 1.60. The average molecular weight is 409 g/mol.